The van der Waals surface area contributed by atoms with Gasteiger partial charge >= 0.3 is 0 Å². The number of amides is 1. The first-order valence-corrected chi connectivity index (χ1v) is 4.80. The third kappa shape index (κ3) is 2.21. The molecule has 5 nitrogen and oxygen atoms in total. The minimum Gasteiger partial charge on any atom is -0.398 e. The first-order valence-electron chi connectivity index (χ1n) is 4.80. The monoisotopic (exact) mass is 227 g/mol. The topological polar surface area (TPSA) is 91.1 Å². The Bertz CT molecular complexity index is 468. The van der Waals surface area contributed by atoms with E-state index in [2.05, 4.69) is 0 Å². The van der Waals surface area contributed by atoms with Crippen LogP contribution in [0.3, 0.4) is 0 Å². The molecule has 1 aromatic rings. The largest absolute Gasteiger partial charge is 0.398 e. The highest BCUT2D eigenvalue weighted by molar-refractivity contribution is 5.97. The van der Waals surface area contributed by atoms with Crippen LogP contribution in [-0.2, 0) is 0 Å². The number of halogens is 1. The molecule has 0 aliphatic carbocycles. The van der Waals surface area contributed by atoms with E-state index in [0.29, 0.717) is 0 Å². The summed E-state index contributed by atoms with van der Waals surface area (Å²) >= 11 is 0. The van der Waals surface area contributed by atoms with Gasteiger partial charge in [0.1, 0.15) is 6.17 Å². The van der Waals surface area contributed by atoms with Gasteiger partial charge in [-0.05, 0) is 13.8 Å². The van der Waals surface area contributed by atoms with E-state index in [4.69, 9.17) is 11.5 Å². The van der Waals surface area contributed by atoms with Crippen molar-refractivity contribution in [1.82, 2.24) is 4.57 Å². The Labute approximate surface area is 91.9 Å². The number of hydrogen-bond donors (Lipinski definition) is 2. The molecule has 0 fully saturated rings. The minimum absolute atomic E-state index is 0.00691. The SMILES string of the molecule is CC(F)C(C)n1cc(C(N)=O)c(N)cc1=O. The molecule has 16 heavy (non-hydrogen) atoms. The van der Waals surface area contributed by atoms with Gasteiger partial charge in [-0.25, -0.2) is 4.39 Å². The molecule has 1 aromatic heterocycles. The molecule has 0 aliphatic heterocycles. The number of anilines is 1. The van der Waals surface area contributed by atoms with Crippen LogP contribution in [0.1, 0.15) is 30.2 Å². The fourth-order valence-corrected chi connectivity index (χ4v) is 1.31. The summed E-state index contributed by atoms with van der Waals surface area (Å²) in [6.07, 6.45) is -0.0251. The van der Waals surface area contributed by atoms with E-state index >= 15 is 0 Å². The zero-order valence-corrected chi connectivity index (χ0v) is 9.11. The Kier molecular flexibility index (Phi) is 3.31. The van der Waals surface area contributed by atoms with Gasteiger partial charge < -0.3 is 16.0 Å². The van der Waals surface area contributed by atoms with Gasteiger partial charge in [-0.3, -0.25) is 9.59 Å². The van der Waals surface area contributed by atoms with Gasteiger partial charge in [-0.2, -0.15) is 0 Å². The summed E-state index contributed by atoms with van der Waals surface area (Å²) in [7, 11) is 0. The van der Waals surface area contributed by atoms with Crippen LogP contribution < -0.4 is 17.0 Å². The third-order valence-corrected chi connectivity index (χ3v) is 2.48. The zero-order chi connectivity index (χ0) is 12.5. The van der Waals surface area contributed by atoms with E-state index in [0.717, 1.165) is 10.6 Å². The molecular formula is C10H14FN3O2. The Hall–Kier alpha value is -1.85. The molecule has 0 aromatic carbocycles. The number of aromatic nitrogens is 1. The van der Waals surface area contributed by atoms with E-state index in [1.165, 1.54) is 20.0 Å². The van der Waals surface area contributed by atoms with Crippen LogP contribution in [0.25, 0.3) is 0 Å². The molecule has 0 saturated carbocycles. The summed E-state index contributed by atoms with van der Waals surface area (Å²) in [4.78, 5) is 22.5. The predicted molar refractivity (Wildman–Crippen MR) is 58.9 cm³/mol. The zero-order valence-electron chi connectivity index (χ0n) is 9.11. The van der Waals surface area contributed by atoms with Crippen molar-refractivity contribution in [2.45, 2.75) is 26.1 Å². The average molecular weight is 227 g/mol. The van der Waals surface area contributed by atoms with E-state index < -0.39 is 23.7 Å². The Morgan fingerprint density at radius 1 is 1.50 bits per heavy atom. The number of carbonyl (C=O) groups excluding carboxylic acids is 1. The summed E-state index contributed by atoms with van der Waals surface area (Å²) in [5, 5.41) is 0. The van der Waals surface area contributed by atoms with Crippen LogP contribution in [-0.4, -0.2) is 16.6 Å². The van der Waals surface area contributed by atoms with E-state index in [9.17, 15) is 14.0 Å². The number of nitrogens with two attached hydrogens (primary N) is 2. The number of hydrogen-bond acceptors (Lipinski definition) is 3. The summed E-state index contributed by atoms with van der Waals surface area (Å²) in [6.45, 7) is 2.87. The number of carbonyl (C=O) groups is 1. The number of alkyl halides is 1. The van der Waals surface area contributed by atoms with Crippen LogP contribution in [0.2, 0.25) is 0 Å². The molecule has 0 saturated heterocycles. The van der Waals surface area contributed by atoms with Crippen molar-refractivity contribution in [2.24, 2.45) is 5.73 Å². The molecule has 6 heteroatoms. The van der Waals surface area contributed by atoms with Gasteiger partial charge in [-0.1, -0.05) is 0 Å². The van der Waals surface area contributed by atoms with Gasteiger partial charge in [0.25, 0.3) is 11.5 Å². The van der Waals surface area contributed by atoms with Crippen molar-refractivity contribution in [1.29, 1.82) is 0 Å². The van der Waals surface area contributed by atoms with Crippen molar-refractivity contribution in [3.05, 3.63) is 28.2 Å². The van der Waals surface area contributed by atoms with Crippen LogP contribution in [0.5, 0.6) is 0 Å². The number of nitrogens with zero attached hydrogens (tertiary/aromatic N) is 1. The average Bonchev–Trinajstić information content (AvgIpc) is 2.16. The molecule has 1 heterocycles. The van der Waals surface area contributed by atoms with Crippen molar-refractivity contribution < 1.29 is 9.18 Å². The fourth-order valence-electron chi connectivity index (χ4n) is 1.31. The molecule has 0 radical (unpaired) electrons. The Morgan fingerprint density at radius 3 is 2.50 bits per heavy atom. The first kappa shape index (κ1) is 12.2. The smallest absolute Gasteiger partial charge is 0.252 e. The maximum atomic E-state index is 13.1. The molecule has 2 unspecified atom stereocenters. The van der Waals surface area contributed by atoms with Gasteiger partial charge in [0.15, 0.2) is 0 Å². The molecule has 88 valence electrons. The second-order valence-electron chi connectivity index (χ2n) is 3.67. The Morgan fingerprint density at radius 2 is 2.06 bits per heavy atom. The second-order valence-corrected chi connectivity index (χ2v) is 3.67. The fraction of sp³-hybridized carbons (Fsp3) is 0.400. The summed E-state index contributed by atoms with van der Waals surface area (Å²) in [5.74, 6) is -0.745. The highest BCUT2D eigenvalue weighted by atomic mass is 19.1. The highest BCUT2D eigenvalue weighted by Gasteiger charge is 2.17. The van der Waals surface area contributed by atoms with Crippen LogP contribution in [0, 0.1) is 0 Å². The lowest BCUT2D eigenvalue weighted by Gasteiger charge is -2.17. The Balaban J connectivity index is 3.36. The van der Waals surface area contributed by atoms with E-state index in [1.54, 1.807) is 0 Å². The van der Waals surface area contributed by atoms with Crippen LogP contribution in [0.15, 0.2) is 17.1 Å². The first-order chi connectivity index (χ1) is 7.34. The lowest BCUT2D eigenvalue weighted by atomic mass is 10.2. The third-order valence-electron chi connectivity index (χ3n) is 2.48. The highest BCUT2D eigenvalue weighted by Crippen LogP contribution is 2.14. The van der Waals surface area contributed by atoms with Crippen LogP contribution in [0.4, 0.5) is 10.1 Å². The number of primary amides is 1. The van der Waals surface area contributed by atoms with Gasteiger partial charge in [0, 0.05) is 12.3 Å². The van der Waals surface area contributed by atoms with E-state index in [-0.39, 0.29) is 11.3 Å². The molecule has 4 N–H and O–H groups in total. The quantitative estimate of drug-likeness (QED) is 0.785. The lowest BCUT2D eigenvalue weighted by molar-refractivity contribution is 0.1000. The summed E-state index contributed by atoms with van der Waals surface area (Å²) in [6, 6.07) is 0.394. The second kappa shape index (κ2) is 4.34. The molecule has 0 aliphatic rings. The van der Waals surface area contributed by atoms with Crippen molar-refractivity contribution in [2.75, 3.05) is 5.73 Å². The maximum Gasteiger partial charge on any atom is 0.252 e. The van der Waals surface area contributed by atoms with Gasteiger partial charge in [0.2, 0.25) is 0 Å². The minimum atomic E-state index is -1.22. The van der Waals surface area contributed by atoms with E-state index in [1.807, 2.05) is 0 Å². The molecule has 2 atom stereocenters. The summed E-state index contributed by atoms with van der Waals surface area (Å²) in [5.41, 5.74) is 10.1. The number of rotatable bonds is 3. The normalized spacial score (nSPS) is 14.4. The number of nitrogen functional groups attached to an aromatic ring is 1. The standard InChI is InChI=1S/C10H14FN3O2/c1-5(11)6(2)14-4-7(10(13)16)8(12)3-9(14)15/h3-6H,12H2,1-2H3,(H2,13,16). The maximum absolute atomic E-state index is 13.1. The van der Waals surface area contributed by atoms with Crippen molar-refractivity contribution in [3.8, 4) is 0 Å². The molecule has 0 bridgehead atoms. The molecule has 1 amide bonds. The predicted octanol–water partition coefficient (Wildman–Crippen LogP) is 0.448. The molecule has 0 spiro atoms. The van der Waals surface area contributed by atoms with Gasteiger partial charge in [0.05, 0.1) is 17.3 Å². The molecular weight excluding hydrogens is 213 g/mol. The lowest BCUT2D eigenvalue weighted by Crippen LogP contribution is -2.29. The van der Waals surface area contributed by atoms with Gasteiger partial charge in [-0.15, -0.1) is 0 Å². The summed E-state index contributed by atoms with van der Waals surface area (Å²) < 4.78 is 14.2. The van der Waals surface area contributed by atoms with Crippen molar-refractivity contribution in [3.63, 3.8) is 0 Å². The number of pyridine rings is 1. The molecule has 1 rings (SSSR count). The van der Waals surface area contributed by atoms with Crippen LogP contribution >= 0.6 is 0 Å². The van der Waals surface area contributed by atoms with Crippen molar-refractivity contribution >= 4 is 11.6 Å².